The molecule has 0 aromatic heterocycles. The van der Waals surface area contributed by atoms with E-state index in [2.05, 4.69) is 15.0 Å². The molecule has 0 saturated carbocycles. The Balaban J connectivity index is 1.83. The van der Waals surface area contributed by atoms with Crippen LogP contribution in [0.5, 0.6) is 0 Å². The highest BCUT2D eigenvalue weighted by atomic mass is 16.4. The highest BCUT2D eigenvalue weighted by molar-refractivity contribution is 5.82. The second-order valence-electron chi connectivity index (χ2n) is 5.02. The van der Waals surface area contributed by atoms with E-state index in [-0.39, 0.29) is 5.92 Å². The molecule has 2 aliphatic rings. The zero-order chi connectivity index (χ0) is 11.5. The van der Waals surface area contributed by atoms with E-state index >= 15 is 0 Å². The van der Waals surface area contributed by atoms with E-state index in [0.717, 1.165) is 25.7 Å². The molecule has 0 aliphatic carbocycles. The van der Waals surface area contributed by atoms with Crippen LogP contribution < -0.4 is 5.73 Å². The molecular weight excluding hydrogens is 204 g/mol. The van der Waals surface area contributed by atoms with Crippen molar-refractivity contribution in [1.82, 2.24) is 9.80 Å². The molecule has 92 valence electrons. The monoisotopic (exact) mass is 226 g/mol. The fourth-order valence-corrected chi connectivity index (χ4v) is 2.80. The Morgan fingerprint density at radius 2 is 2.31 bits per heavy atom. The van der Waals surface area contributed by atoms with Gasteiger partial charge < -0.3 is 10.9 Å². The third-order valence-corrected chi connectivity index (χ3v) is 3.82. The van der Waals surface area contributed by atoms with Crippen LogP contribution in [0.3, 0.4) is 0 Å². The van der Waals surface area contributed by atoms with Gasteiger partial charge in [0.2, 0.25) is 0 Å². The maximum absolute atomic E-state index is 8.62. The third kappa shape index (κ3) is 2.47. The number of hydrogen-bond acceptors (Lipinski definition) is 4. The second kappa shape index (κ2) is 5.01. The molecule has 16 heavy (non-hydrogen) atoms. The molecule has 2 aliphatic heterocycles. The fourth-order valence-electron chi connectivity index (χ4n) is 2.80. The molecule has 2 heterocycles. The molecular formula is C11H22N4O. The fraction of sp³-hybridized carbons (Fsp3) is 0.909. The molecule has 0 spiro atoms. The average Bonchev–Trinajstić information content (AvgIpc) is 2.75. The summed E-state index contributed by atoms with van der Waals surface area (Å²) < 4.78 is 0. The van der Waals surface area contributed by atoms with Gasteiger partial charge in [-0.15, -0.1) is 0 Å². The summed E-state index contributed by atoms with van der Waals surface area (Å²) in [6.45, 7) is 7.61. The van der Waals surface area contributed by atoms with Crippen LogP contribution >= 0.6 is 0 Å². The van der Waals surface area contributed by atoms with Gasteiger partial charge >= 0.3 is 0 Å². The van der Waals surface area contributed by atoms with E-state index in [1.807, 2.05) is 6.92 Å². The smallest absolute Gasteiger partial charge is 0.143 e. The maximum Gasteiger partial charge on any atom is 0.143 e. The summed E-state index contributed by atoms with van der Waals surface area (Å²) in [7, 11) is 0. The Bertz CT molecular complexity index is 269. The van der Waals surface area contributed by atoms with Crippen molar-refractivity contribution in [1.29, 1.82) is 0 Å². The van der Waals surface area contributed by atoms with E-state index in [1.54, 1.807) is 0 Å². The summed E-state index contributed by atoms with van der Waals surface area (Å²) >= 11 is 0. The van der Waals surface area contributed by atoms with Gasteiger partial charge in [-0.05, 0) is 19.4 Å². The molecule has 0 bridgehead atoms. The van der Waals surface area contributed by atoms with Crippen LogP contribution in [0.25, 0.3) is 0 Å². The van der Waals surface area contributed by atoms with Crippen molar-refractivity contribution in [2.75, 3.05) is 32.7 Å². The Kier molecular flexibility index (Phi) is 3.66. The largest absolute Gasteiger partial charge is 0.409 e. The van der Waals surface area contributed by atoms with Crippen LogP contribution in [-0.2, 0) is 0 Å². The summed E-state index contributed by atoms with van der Waals surface area (Å²) in [5.74, 6) is 0.479. The number of nitrogens with zero attached hydrogens (tertiary/aromatic N) is 3. The lowest BCUT2D eigenvalue weighted by Crippen LogP contribution is -2.51. The van der Waals surface area contributed by atoms with Crippen molar-refractivity contribution >= 4 is 5.84 Å². The number of piperazine rings is 1. The molecule has 2 unspecified atom stereocenters. The molecule has 0 radical (unpaired) electrons. The molecule has 3 N–H and O–H groups in total. The first-order valence-electron chi connectivity index (χ1n) is 6.14. The van der Waals surface area contributed by atoms with Crippen molar-refractivity contribution in [2.24, 2.45) is 16.8 Å². The maximum atomic E-state index is 8.62. The van der Waals surface area contributed by atoms with Gasteiger partial charge in [-0.1, -0.05) is 12.1 Å². The lowest BCUT2D eigenvalue weighted by molar-refractivity contribution is 0.0994. The Labute approximate surface area is 96.9 Å². The van der Waals surface area contributed by atoms with Gasteiger partial charge in [0, 0.05) is 38.1 Å². The standard InChI is InChI=1S/C11H22N4O/c1-9(11(12)13-16)7-14-5-6-15-4-2-3-10(15)8-14/h9-10,16H,2-8H2,1H3,(H2,12,13). The van der Waals surface area contributed by atoms with Crippen molar-refractivity contribution in [3.63, 3.8) is 0 Å². The summed E-state index contributed by atoms with van der Waals surface area (Å²) in [5, 5.41) is 11.7. The van der Waals surface area contributed by atoms with Crippen LogP contribution in [0, 0.1) is 5.92 Å². The number of oxime groups is 1. The first kappa shape index (κ1) is 11.7. The van der Waals surface area contributed by atoms with Gasteiger partial charge in [0.25, 0.3) is 0 Å². The molecule has 2 fully saturated rings. The summed E-state index contributed by atoms with van der Waals surface area (Å²) in [4.78, 5) is 5.03. The lowest BCUT2D eigenvalue weighted by Gasteiger charge is -2.38. The van der Waals surface area contributed by atoms with Crippen molar-refractivity contribution in [3.8, 4) is 0 Å². The van der Waals surface area contributed by atoms with Crippen LogP contribution in [-0.4, -0.2) is 59.6 Å². The van der Waals surface area contributed by atoms with Crippen LogP contribution in [0.4, 0.5) is 0 Å². The predicted octanol–water partition coefficient (Wildman–Crippen LogP) is 0.149. The number of amidine groups is 1. The first-order chi connectivity index (χ1) is 7.70. The van der Waals surface area contributed by atoms with Crippen molar-refractivity contribution < 1.29 is 5.21 Å². The highest BCUT2D eigenvalue weighted by Crippen LogP contribution is 2.21. The molecule has 0 amide bonds. The number of fused-ring (bicyclic) bond motifs is 1. The Morgan fingerprint density at radius 1 is 1.50 bits per heavy atom. The van der Waals surface area contributed by atoms with Gasteiger partial charge in [0.15, 0.2) is 0 Å². The minimum absolute atomic E-state index is 0.137. The molecule has 0 aromatic carbocycles. The third-order valence-electron chi connectivity index (χ3n) is 3.82. The topological polar surface area (TPSA) is 65.1 Å². The van der Waals surface area contributed by atoms with Crippen molar-refractivity contribution in [3.05, 3.63) is 0 Å². The van der Waals surface area contributed by atoms with E-state index < -0.39 is 0 Å². The lowest BCUT2D eigenvalue weighted by atomic mass is 10.1. The minimum atomic E-state index is 0.137. The molecule has 2 saturated heterocycles. The van der Waals surface area contributed by atoms with Crippen LogP contribution in [0.1, 0.15) is 19.8 Å². The van der Waals surface area contributed by atoms with E-state index in [4.69, 9.17) is 10.9 Å². The highest BCUT2D eigenvalue weighted by Gasteiger charge is 2.31. The van der Waals surface area contributed by atoms with Gasteiger partial charge in [-0.3, -0.25) is 9.80 Å². The first-order valence-corrected chi connectivity index (χ1v) is 6.14. The van der Waals surface area contributed by atoms with E-state index in [9.17, 15) is 0 Å². The number of nitrogens with two attached hydrogens (primary N) is 1. The summed E-state index contributed by atoms with van der Waals surface area (Å²) in [6, 6.07) is 0.744. The van der Waals surface area contributed by atoms with E-state index in [0.29, 0.717) is 5.84 Å². The molecule has 2 rings (SSSR count). The Morgan fingerprint density at radius 3 is 3.06 bits per heavy atom. The number of rotatable bonds is 3. The zero-order valence-electron chi connectivity index (χ0n) is 9.97. The average molecular weight is 226 g/mol. The van der Waals surface area contributed by atoms with Crippen LogP contribution in [0.15, 0.2) is 5.16 Å². The van der Waals surface area contributed by atoms with Gasteiger partial charge in [0.1, 0.15) is 5.84 Å². The van der Waals surface area contributed by atoms with Gasteiger partial charge in [0.05, 0.1) is 0 Å². The van der Waals surface area contributed by atoms with Gasteiger partial charge in [-0.25, -0.2) is 0 Å². The Hall–Kier alpha value is -0.810. The normalized spacial score (nSPS) is 30.3. The molecule has 5 heteroatoms. The summed E-state index contributed by atoms with van der Waals surface area (Å²) in [5.41, 5.74) is 5.60. The summed E-state index contributed by atoms with van der Waals surface area (Å²) in [6.07, 6.45) is 2.67. The predicted molar refractivity (Wildman–Crippen MR) is 63.6 cm³/mol. The quantitative estimate of drug-likeness (QED) is 0.311. The zero-order valence-corrected chi connectivity index (χ0v) is 9.97. The minimum Gasteiger partial charge on any atom is -0.409 e. The molecule has 0 aromatic rings. The van der Waals surface area contributed by atoms with Gasteiger partial charge in [-0.2, -0.15) is 0 Å². The molecule has 2 atom stereocenters. The molecule has 5 nitrogen and oxygen atoms in total. The number of hydrogen-bond donors (Lipinski definition) is 2. The second-order valence-corrected chi connectivity index (χ2v) is 5.02. The van der Waals surface area contributed by atoms with Crippen molar-refractivity contribution in [2.45, 2.75) is 25.8 Å². The SMILES string of the molecule is CC(CN1CCN2CCCC2C1)C(N)=NO. The van der Waals surface area contributed by atoms with Crippen LogP contribution in [0.2, 0.25) is 0 Å². The van der Waals surface area contributed by atoms with E-state index in [1.165, 1.54) is 25.9 Å².